The van der Waals surface area contributed by atoms with Crippen LogP contribution in [0.2, 0.25) is 0 Å². The summed E-state index contributed by atoms with van der Waals surface area (Å²) in [6.45, 7) is 0. The van der Waals surface area contributed by atoms with E-state index in [1.807, 2.05) is 66.7 Å². The molecule has 0 atom stereocenters. The first kappa shape index (κ1) is 35.4. The Morgan fingerprint density at radius 2 is 0.857 bits per heavy atom. The molecule has 0 unspecified atom stereocenters. The maximum atomic E-state index is 6.31. The van der Waals surface area contributed by atoms with Gasteiger partial charge in [0.05, 0.1) is 11.0 Å². The standard InChI is InChI=1S/C58H36N4O/c1-3-11-38(12-4-1)56-59-57(39-13-5-2-6-14-39)61-58(60-56)40-21-19-36(20-22-40)37-25-28-45(29-26-37)62-52-17-9-7-15-46(52)50-33-42(27-30-53(50)62)41-23-24-43-31-44-34-51-47-16-8-10-18-54(47)63-55(51)35-49(44)48(43)32-41/h1-30,32-35H,31H2. The van der Waals surface area contributed by atoms with Crippen molar-refractivity contribution in [2.45, 2.75) is 6.42 Å². The van der Waals surface area contributed by atoms with Gasteiger partial charge in [-0.3, -0.25) is 0 Å². The molecule has 0 radical (unpaired) electrons. The second kappa shape index (κ2) is 14.1. The summed E-state index contributed by atoms with van der Waals surface area (Å²) >= 11 is 0. The molecule has 0 saturated heterocycles. The third-order valence-electron chi connectivity index (χ3n) is 12.7. The molecule has 5 nitrogen and oxygen atoms in total. The lowest BCUT2D eigenvalue weighted by Crippen LogP contribution is -2.00. The van der Waals surface area contributed by atoms with Crippen LogP contribution in [0.15, 0.2) is 211 Å². The van der Waals surface area contributed by atoms with E-state index in [0.29, 0.717) is 17.5 Å². The minimum Gasteiger partial charge on any atom is -0.456 e. The smallest absolute Gasteiger partial charge is 0.164 e. The third-order valence-corrected chi connectivity index (χ3v) is 12.7. The Morgan fingerprint density at radius 3 is 1.57 bits per heavy atom. The second-order valence-electron chi connectivity index (χ2n) is 16.4. The van der Waals surface area contributed by atoms with Crippen molar-refractivity contribution >= 4 is 43.7 Å². The highest BCUT2D eigenvalue weighted by atomic mass is 16.3. The van der Waals surface area contributed by atoms with Crippen molar-refractivity contribution in [1.82, 2.24) is 19.5 Å². The Kier molecular flexibility index (Phi) is 7.90. The van der Waals surface area contributed by atoms with E-state index in [1.54, 1.807) is 0 Å². The minimum atomic E-state index is 0.644. The van der Waals surface area contributed by atoms with Gasteiger partial charge in [-0.05, 0) is 106 Å². The summed E-state index contributed by atoms with van der Waals surface area (Å²) in [5.74, 6) is 1.95. The van der Waals surface area contributed by atoms with Gasteiger partial charge in [-0.25, -0.2) is 15.0 Å². The fraction of sp³-hybridized carbons (Fsp3) is 0.0172. The monoisotopic (exact) mass is 804 g/mol. The molecule has 3 heterocycles. The number of furan rings is 1. The predicted octanol–water partition coefficient (Wildman–Crippen LogP) is 14.8. The van der Waals surface area contributed by atoms with Crippen LogP contribution in [0.5, 0.6) is 0 Å². The summed E-state index contributed by atoms with van der Waals surface area (Å²) in [6.07, 6.45) is 0.934. The third kappa shape index (κ3) is 5.89. The lowest BCUT2D eigenvalue weighted by Gasteiger charge is -2.11. The summed E-state index contributed by atoms with van der Waals surface area (Å²) in [5.41, 5.74) is 18.2. The van der Waals surface area contributed by atoms with Gasteiger partial charge in [0.25, 0.3) is 0 Å². The molecule has 0 amide bonds. The fourth-order valence-corrected chi connectivity index (χ4v) is 9.56. The molecule has 13 rings (SSSR count). The van der Waals surface area contributed by atoms with Gasteiger partial charge < -0.3 is 8.98 Å². The van der Waals surface area contributed by atoms with Crippen LogP contribution in [-0.2, 0) is 6.42 Å². The summed E-state index contributed by atoms with van der Waals surface area (Å²) < 4.78 is 8.69. The second-order valence-corrected chi connectivity index (χ2v) is 16.4. The van der Waals surface area contributed by atoms with E-state index in [-0.39, 0.29) is 0 Å². The number of fused-ring (bicyclic) bond motifs is 9. The molecule has 5 heteroatoms. The Bertz CT molecular complexity index is 3680. The Morgan fingerprint density at radius 1 is 0.333 bits per heavy atom. The number of rotatable bonds is 6. The summed E-state index contributed by atoms with van der Waals surface area (Å²) in [5, 5.41) is 4.83. The quantitative estimate of drug-likeness (QED) is 0.168. The van der Waals surface area contributed by atoms with E-state index in [1.165, 1.54) is 66.0 Å². The van der Waals surface area contributed by atoms with Crippen molar-refractivity contribution in [1.29, 1.82) is 0 Å². The topological polar surface area (TPSA) is 56.7 Å². The Hall–Kier alpha value is -8.41. The van der Waals surface area contributed by atoms with E-state index >= 15 is 0 Å². The zero-order valence-electron chi connectivity index (χ0n) is 34.0. The van der Waals surface area contributed by atoms with Crippen molar-refractivity contribution in [3.63, 3.8) is 0 Å². The van der Waals surface area contributed by atoms with Crippen molar-refractivity contribution in [2.75, 3.05) is 0 Å². The van der Waals surface area contributed by atoms with Gasteiger partial charge >= 0.3 is 0 Å². The molecule has 0 spiro atoms. The molecule has 0 N–H and O–H groups in total. The molecule has 9 aromatic carbocycles. The highest BCUT2D eigenvalue weighted by Crippen LogP contribution is 2.44. The van der Waals surface area contributed by atoms with Crippen LogP contribution in [0.1, 0.15) is 11.1 Å². The first-order valence-corrected chi connectivity index (χ1v) is 21.4. The van der Waals surface area contributed by atoms with E-state index < -0.39 is 0 Å². The van der Waals surface area contributed by atoms with Crippen LogP contribution in [0.3, 0.4) is 0 Å². The van der Waals surface area contributed by atoms with Crippen LogP contribution in [0.4, 0.5) is 0 Å². The number of hydrogen-bond donors (Lipinski definition) is 0. The summed E-state index contributed by atoms with van der Waals surface area (Å²) in [4.78, 5) is 14.7. The zero-order chi connectivity index (χ0) is 41.4. The van der Waals surface area contributed by atoms with Crippen LogP contribution >= 0.6 is 0 Å². The fourth-order valence-electron chi connectivity index (χ4n) is 9.56. The Balaban J connectivity index is 0.823. The van der Waals surface area contributed by atoms with Gasteiger partial charge in [-0.2, -0.15) is 0 Å². The average Bonchev–Trinajstić information content (AvgIpc) is 4.02. The molecular weight excluding hydrogens is 769 g/mol. The molecule has 0 fully saturated rings. The van der Waals surface area contributed by atoms with Gasteiger partial charge in [0, 0.05) is 43.9 Å². The minimum absolute atomic E-state index is 0.644. The molecule has 1 aliphatic rings. The van der Waals surface area contributed by atoms with Gasteiger partial charge in [0.15, 0.2) is 17.5 Å². The molecule has 0 bridgehead atoms. The molecule has 63 heavy (non-hydrogen) atoms. The van der Waals surface area contributed by atoms with Crippen LogP contribution < -0.4 is 0 Å². The number of hydrogen-bond acceptors (Lipinski definition) is 4. The molecule has 294 valence electrons. The summed E-state index contributed by atoms with van der Waals surface area (Å²) in [6, 6.07) is 73.1. The Labute approximate surface area is 363 Å². The molecular formula is C58H36N4O. The molecule has 0 saturated carbocycles. The summed E-state index contributed by atoms with van der Waals surface area (Å²) in [7, 11) is 0. The van der Waals surface area contributed by atoms with Crippen molar-refractivity contribution in [2.24, 2.45) is 0 Å². The zero-order valence-corrected chi connectivity index (χ0v) is 34.0. The van der Waals surface area contributed by atoms with Gasteiger partial charge in [-0.1, -0.05) is 152 Å². The van der Waals surface area contributed by atoms with E-state index in [9.17, 15) is 0 Å². The van der Waals surface area contributed by atoms with Crippen LogP contribution in [0, 0.1) is 0 Å². The van der Waals surface area contributed by atoms with Gasteiger partial charge in [0.1, 0.15) is 11.2 Å². The first-order chi connectivity index (χ1) is 31.2. The maximum absolute atomic E-state index is 6.31. The molecule has 0 aliphatic heterocycles. The lowest BCUT2D eigenvalue weighted by molar-refractivity contribution is 0.669. The lowest BCUT2D eigenvalue weighted by atomic mass is 9.97. The van der Waals surface area contributed by atoms with Crippen molar-refractivity contribution in [3.05, 3.63) is 217 Å². The van der Waals surface area contributed by atoms with Crippen molar-refractivity contribution in [3.8, 4) is 73.2 Å². The normalized spacial score (nSPS) is 12.1. The maximum Gasteiger partial charge on any atom is 0.164 e. The van der Waals surface area contributed by atoms with Crippen LogP contribution in [0.25, 0.3) is 117 Å². The molecule has 12 aromatic rings. The number of benzene rings is 9. The number of aromatic nitrogens is 4. The predicted molar refractivity (Wildman–Crippen MR) is 257 cm³/mol. The molecule has 3 aromatic heterocycles. The first-order valence-electron chi connectivity index (χ1n) is 21.4. The van der Waals surface area contributed by atoms with E-state index in [4.69, 9.17) is 19.4 Å². The number of nitrogens with zero attached hydrogens (tertiary/aromatic N) is 4. The highest BCUT2D eigenvalue weighted by molar-refractivity contribution is 6.11. The highest BCUT2D eigenvalue weighted by Gasteiger charge is 2.22. The number of para-hydroxylation sites is 2. The molecule has 1 aliphatic carbocycles. The van der Waals surface area contributed by atoms with E-state index in [0.717, 1.165) is 51.1 Å². The van der Waals surface area contributed by atoms with Gasteiger partial charge in [0.2, 0.25) is 0 Å². The van der Waals surface area contributed by atoms with Crippen molar-refractivity contribution < 1.29 is 4.42 Å². The van der Waals surface area contributed by atoms with Gasteiger partial charge in [-0.15, -0.1) is 0 Å². The average molecular weight is 805 g/mol. The van der Waals surface area contributed by atoms with E-state index in [2.05, 4.69) is 144 Å². The SMILES string of the molecule is c1ccc(-c2nc(-c3ccccc3)nc(-c3ccc(-c4ccc(-n5c6ccccc6c6cc(-c7ccc8c(c7)-c7cc9oc%10ccccc%10c9cc7C8)ccc65)cc4)cc3)n2)cc1. The van der Waals surface area contributed by atoms with Crippen LogP contribution in [-0.4, -0.2) is 19.5 Å². The largest absolute Gasteiger partial charge is 0.456 e.